The van der Waals surface area contributed by atoms with Gasteiger partial charge in [0.05, 0.1) is 24.9 Å². The van der Waals surface area contributed by atoms with E-state index in [4.69, 9.17) is 10.5 Å². The zero-order valence-electron chi connectivity index (χ0n) is 21.8. The van der Waals surface area contributed by atoms with Crippen molar-refractivity contribution in [3.8, 4) is 0 Å². The predicted molar refractivity (Wildman–Crippen MR) is 139 cm³/mol. The molecule has 2 amide bonds. The highest BCUT2D eigenvalue weighted by molar-refractivity contribution is 5.91. The van der Waals surface area contributed by atoms with Crippen molar-refractivity contribution < 1.29 is 19.4 Å². The summed E-state index contributed by atoms with van der Waals surface area (Å²) in [6.45, 7) is 8.97. The molecule has 2 aromatic carbocycles. The minimum absolute atomic E-state index is 0.0598. The number of nitrogens with zero attached hydrogens (tertiary/aromatic N) is 1. The van der Waals surface area contributed by atoms with E-state index >= 15 is 0 Å². The number of nitrogens with two attached hydrogens (primary N) is 1. The highest BCUT2D eigenvalue weighted by Gasteiger charge is 2.58. The molecule has 36 heavy (non-hydrogen) atoms. The fraction of sp³-hybridized carbons (Fsp3) is 0.517. The highest BCUT2D eigenvalue weighted by Crippen LogP contribution is 2.61. The SMILES string of the molecule is CC(C)(N)C(=O)NC(COCc1ccccc1)C(=O)N1CCC2(CC1)c1ccccc1C(O)C2(C)C. The second kappa shape index (κ2) is 9.96. The molecule has 2 aliphatic rings. The summed E-state index contributed by atoms with van der Waals surface area (Å²) in [5, 5.41) is 13.9. The van der Waals surface area contributed by atoms with Gasteiger partial charge in [0.15, 0.2) is 0 Å². The number of carbonyl (C=O) groups excluding carboxylic acids is 2. The first kappa shape index (κ1) is 26.3. The van der Waals surface area contributed by atoms with Gasteiger partial charge in [-0.3, -0.25) is 9.59 Å². The maximum atomic E-state index is 13.6. The molecule has 1 spiro atoms. The van der Waals surface area contributed by atoms with Crippen LogP contribution in [0.5, 0.6) is 0 Å². The molecule has 7 nitrogen and oxygen atoms in total. The summed E-state index contributed by atoms with van der Waals surface area (Å²) < 4.78 is 5.86. The number of benzene rings is 2. The average molecular weight is 494 g/mol. The predicted octanol–water partition coefficient (Wildman–Crippen LogP) is 3.06. The number of carbonyl (C=O) groups is 2. The summed E-state index contributed by atoms with van der Waals surface area (Å²) >= 11 is 0. The van der Waals surface area contributed by atoms with Crippen LogP contribution in [-0.4, -0.2) is 53.1 Å². The lowest BCUT2D eigenvalue weighted by atomic mass is 9.60. The number of hydrogen-bond donors (Lipinski definition) is 3. The van der Waals surface area contributed by atoms with Crippen molar-refractivity contribution in [2.75, 3.05) is 19.7 Å². The van der Waals surface area contributed by atoms with Crippen LogP contribution in [0.2, 0.25) is 0 Å². The molecule has 2 atom stereocenters. The fourth-order valence-electron chi connectivity index (χ4n) is 5.80. The van der Waals surface area contributed by atoms with E-state index in [1.54, 1.807) is 13.8 Å². The summed E-state index contributed by atoms with van der Waals surface area (Å²) in [6.07, 6.45) is 0.947. The molecule has 7 heteroatoms. The van der Waals surface area contributed by atoms with E-state index in [0.717, 1.165) is 24.0 Å². The van der Waals surface area contributed by atoms with Crippen LogP contribution >= 0.6 is 0 Å². The van der Waals surface area contributed by atoms with Crippen molar-refractivity contribution in [1.29, 1.82) is 0 Å². The second-order valence-electron chi connectivity index (χ2n) is 11.4. The van der Waals surface area contributed by atoms with Crippen LogP contribution in [0.1, 0.15) is 63.3 Å². The lowest BCUT2D eigenvalue weighted by molar-refractivity contribution is -0.141. The zero-order valence-corrected chi connectivity index (χ0v) is 21.8. The highest BCUT2D eigenvalue weighted by atomic mass is 16.5. The fourth-order valence-corrected chi connectivity index (χ4v) is 5.80. The molecule has 0 saturated carbocycles. The minimum Gasteiger partial charge on any atom is -0.388 e. The van der Waals surface area contributed by atoms with E-state index in [1.165, 1.54) is 5.56 Å². The Morgan fingerprint density at radius 3 is 2.36 bits per heavy atom. The number of nitrogens with one attached hydrogen (secondary N) is 1. The Kier molecular flexibility index (Phi) is 7.28. The Hall–Kier alpha value is -2.74. The van der Waals surface area contributed by atoms with Gasteiger partial charge in [-0.15, -0.1) is 0 Å². The Morgan fingerprint density at radius 2 is 1.72 bits per heavy atom. The molecule has 0 aromatic heterocycles. The second-order valence-corrected chi connectivity index (χ2v) is 11.4. The van der Waals surface area contributed by atoms with Crippen LogP contribution in [0.15, 0.2) is 54.6 Å². The van der Waals surface area contributed by atoms with Gasteiger partial charge in [-0.05, 0) is 43.4 Å². The van der Waals surface area contributed by atoms with Gasteiger partial charge in [0, 0.05) is 23.9 Å². The molecule has 2 aromatic rings. The summed E-state index contributed by atoms with van der Waals surface area (Å²) in [7, 11) is 0. The van der Waals surface area contributed by atoms with Gasteiger partial charge < -0.3 is 25.8 Å². The molecule has 194 valence electrons. The van der Waals surface area contributed by atoms with Crippen molar-refractivity contribution in [2.45, 2.75) is 70.2 Å². The third kappa shape index (κ3) is 4.80. The van der Waals surface area contributed by atoms with Crippen molar-refractivity contribution in [3.05, 3.63) is 71.3 Å². The molecule has 0 radical (unpaired) electrons. The van der Waals surface area contributed by atoms with Crippen molar-refractivity contribution in [2.24, 2.45) is 11.1 Å². The van der Waals surface area contributed by atoms with Gasteiger partial charge in [-0.25, -0.2) is 0 Å². The van der Waals surface area contributed by atoms with E-state index < -0.39 is 23.6 Å². The lowest BCUT2D eigenvalue weighted by Gasteiger charge is -2.49. The van der Waals surface area contributed by atoms with Crippen LogP contribution in [0, 0.1) is 5.41 Å². The van der Waals surface area contributed by atoms with Crippen molar-refractivity contribution >= 4 is 11.8 Å². The number of aliphatic hydroxyl groups excluding tert-OH is 1. The minimum atomic E-state index is -1.11. The molecular weight excluding hydrogens is 454 g/mol. The normalized spacial score (nSPS) is 21.2. The van der Waals surface area contributed by atoms with Gasteiger partial charge in [0.1, 0.15) is 6.04 Å². The molecular formula is C29H39N3O4. The van der Waals surface area contributed by atoms with Gasteiger partial charge in [-0.1, -0.05) is 68.4 Å². The van der Waals surface area contributed by atoms with E-state index in [0.29, 0.717) is 19.7 Å². The van der Waals surface area contributed by atoms with Gasteiger partial charge in [0.2, 0.25) is 11.8 Å². The van der Waals surface area contributed by atoms with E-state index in [-0.39, 0.29) is 23.3 Å². The van der Waals surface area contributed by atoms with Crippen molar-refractivity contribution in [3.63, 3.8) is 0 Å². The largest absolute Gasteiger partial charge is 0.388 e. The first-order valence-electron chi connectivity index (χ1n) is 12.8. The maximum Gasteiger partial charge on any atom is 0.247 e. The number of rotatable bonds is 7. The van der Waals surface area contributed by atoms with E-state index in [9.17, 15) is 14.7 Å². The summed E-state index contributed by atoms with van der Waals surface area (Å²) in [4.78, 5) is 28.1. The lowest BCUT2D eigenvalue weighted by Crippen LogP contribution is -2.59. The van der Waals surface area contributed by atoms with Gasteiger partial charge >= 0.3 is 0 Å². The molecule has 1 saturated heterocycles. The Labute approximate surface area is 214 Å². The third-order valence-corrected chi connectivity index (χ3v) is 8.20. The summed E-state index contributed by atoms with van der Waals surface area (Å²) in [5.74, 6) is -0.563. The molecule has 4 rings (SSSR count). The smallest absolute Gasteiger partial charge is 0.247 e. The first-order chi connectivity index (χ1) is 17.0. The quantitative estimate of drug-likeness (QED) is 0.550. The number of aliphatic hydroxyl groups is 1. The maximum absolute atomic E-state index is 13.6. The van der Waals surface area contributed by atoms with Gasteiger partial charge in [-0.2, -0.15) is 0 Å². The molecule has 0 bridgehead atoms. The summed E-state index contributed by atoms with van der Waals surface area (Å²) in [6, 6.07) is 17.0. The number of piperidine rings is 1. The third-order valence-electron chi connectivity index (χ3n) is 8.20. The standard InChI is InChI=1S/C29H39N3O4/c1-27(2)24(33)21-12-8-9-13-22(21)29(27)14-16-32(17-15-29)25(34)23(31-26(35)28(3,4)30)19-36-18-20-10-6-5-7-11-20/h5-13,23-24,33H,14-19,30H2,1-4H3,(H,31,35). The van der Waals surface area contributed by atoms with Crippen molar-refractivity contribution in [1.82, 2.24) is 10.2 Å². The topological polar surface area (TPSA) is 105 Å². The zero-order chi connectivity index (χ0) is 26.1. The molecule has 1 aliphatic carbocycles. The molecule has 1 aliphatic heterocycles. The number of hydrogen-bond acceptors (Lipinski definition) is 5. The first-order valence-corrected chi connectivity index (χ1v) is 12.8. The number of amides is 2. The number of likely N-dealkylation sites (tertiary alicyclic amines) is 1. The Balaban J connectivity index is 1.47. The Morgan fingerprint density at radius 1 is 1.11 bits per heavy atom. The Bertz CT molecular complexity index is 1090. The van der Waals surface area contributed by atoms with Crippen LogP contribution in [0.25, 0.3) is 0 Å². The molecule has 1 heterocycles. The van der Waals surface area contributed by atoms with Gasteiger partial charge in [0.25, 0.3) is 0 Å². The van der Waals surface area contributed by atoms with E-state index in [2.05, 4.69) is 25.2 Å². The number of fused-ring (bicyclic) bond motifs is 2. The van der Waals surface area contributed by atoms with E-state index in [1.807, 2.05) is 53.4 Å². The van der Waals surface area contributed by atoms with Crippen LogP contribution < -0.4 is 11.1 Å². The monoisotopic (exact) mass is 493 g/mol. The summed E-state index contributed by atoms with van der Waals surface area (Å²) in [5.41, 5.74) is 7.50. The molecule has 2 unspecified atom stereocenters. The van der Waals surface area contributed by atoms with Crippen LogP contribution in [-0.2, 0) is 26.3 Å². The van der Waals surface area contributed by atoms with Crippen LogP contribution in [0.3, 0.4) is 0 Å². The molecule has 1 fully saturated rings. The number of ether oxygens (including phenoxy) is 1. The van der Waals surface area contributed by atoms with Crippen LogP contribution in [0.4, 0.5) is 0 Å². The molecule has 4 N–H and O–H groups in total. The average Bonchev–Trinajstić information content (AvgIpc) is 3.02.